The molecule has 2 aromatic heterocycles. The number of ether oxygens (including phenoxy) is 1. The van der Waals surface area contributed by atoms with Crippen LogP contribution in [0.3, 0.4) is 0 Å². The number of nitrogens with zero attached hydrogens (tertiary/aromatic N) is 2. The van der Waals surface area contributed by atoms with Crippen LogP contribution in [-0.2, 0) is 9.53 Å². The average Bonchev–Trinajstić information content (AvgIpc) is 3.19. The van der Waals surface area contributed by atoms with Crippen LogP contribution in [0.5, 0.6) is 0 Å². The number of pyridine rings is 2. The van der Waals surface area contributed by atoms with Crippen LogP contribution in [0.25, 0.3) is 0 Å². The molecule has 118 valence electrons. The zero-order chi connectivity index (χ0) is 15.8. The molecule has 5 nitrogen and oxygen atoms in total. The van der Waals surface area contributed by atoms with Crippen molar-refractivity contribution in [3.8, 4) is 0 Å². The number of fused-ring (bicyclic) bond motifs is 2. The van der Waals surface area contributed by atoms with Gasteiger partial charge in [0.25, 0.3) is 0 Å². The first-order valence-electron chi connectivity index (χ1n) is 7.70. The fraction of sp³-hybridized carbons (Fsp3) is 0.353. The van der Waals surface area contributed by atoms with Crippen molar-refractivity contribution in [1.82, 2.24) is 9.97 Å². The van der Waals surface area contributed by atoms with E-state index in [-0.39, 0.29) is 30.0 Å². The van der Waals surface area contributed by atoms with Crippen LogP contribution in [0.4, 0.5) is 5.82 Å². The predicted octanol–water partition coefficient (Wildman–Crippen LogP) is 3.03. The first kappa shape index (κ1) is 14.6. The van der Waals surface area contributed by atoms with Crippen LogP contribution in [-0.4, -0.2) is 28.1 Å². The minimum Gasteiger partial charge on any atom is -0.373 e. The normalized spacial score (nSPS) is 28.7. The number of nitrogens with one attached hydrogen (secondary N) is 1. The Hall–Kier alpha value is -1.98. The highest BCUT2D eigenvalue weighted by molar-refractivity contribution is 6.30. The molecule has 2 fully saturated rings. The summed E-state index contributed by atoms with van der Waals surface area (Å²) in [5.41, 5.74) is 1.11. The molecule has 2 aliphatic rings. The molecule has 0 aromatic carbocycles. The Morgan fingerprint density at radius 2 is 1.96 bits per heavy atom. The van der Waals surface area contributed by atoms with Gasteiger partial charge in [-0.05, 0) is 42.7 Å². The van der Waals surface area contributed by atoms with E-state index in [9.17, 15) is 4.79 Å². The van der Waals surface area contributed by atoms with E-state index < -0.39 is 0 Å². The molecule has 2 saturated heterocycles. The monoisotopic (exact) mass is 329 g/mol. The molecule has 0 aliphatic carbocycles. The number of anilines is 1. The molecule has 0 radical (unpaired) electrons. The average molecular weight is 330 g/mol. The first-order chi connectivity index (χ1) is 11.2. The van der Waals surface area contributed by atoms with Gasteiger partial charge in [-0.25, -0.2) is 4.98 Å². The third kappa shape index (κ3) is 2.71. The predicted molar refractivity (Wildman–Crippen MR) is 86.2 cm³/mol. The minimum absolute atomic E-state index is 0.0227. The molecule has 4 atom stereocenters. The van der Waals surface area contributed by atoms with Crippen LogP contribution >= 0.6 is 11.6 Å². The van der Waals surface area contributed by atoms with Gasteiger partial charge < -0.3 is 10.1 Å². The maximum Gasteiger partial charge on any atom is 0.231 e. The second-order valence-electron chi connectivity index (χ2n) is 5.97. The Morgan fingerprint density at radius 3 is 2.70 bits per heavy atom. The summed E-state index contributed by atoms with van der Waals surface area (Å²) in [6.45, 7) is 0. The molecule has 1 amide bonds. The van der Waals surface area contributed by atoms with Crippen molar-refractivity contribution in [3.05, 3.63) is 53.4 Å². The Labute approximate surface area is 139 Å². The van der Waals surface area contributed by atoms with E-state index in [1.165, 1.54) is 6.20 Å². The second-order valence-corrected chi connectivity index (χ2v) is 6.41. The van der Waals surface area contributed by atoms with Gasteiger partial charge >= 0.3 is 0 Å². The summed E-state index contributed by atoms with van der Waals surface area (Å²) < 4.78 is 6.01. The number of rotatable bonds is 3. The Bertz CT molecular complexity index is 708. The van der Waals surface area contributed by atoms with Gasteiger partial charge in [-0.3, -0.25) is 9.78 Å². The number of hydrogen-bond acceptors (Lipinski definition) is 4. The first-order valence-corrected chi connectivity index (χ1v) is 8.08. The summed E-state index contributed by atoms with van der Waals surface area (Å²) >= 11 is 5.83. The molecule has 2 bridgehead atoms. The lowest BCUT2D eigenvalue weighted by atomic mass is 9.75. The van der Waals surface area contributed by atoms with E-state index in [0.717, 1.165) is 18.4 Å². The number of carbonyl (C=O) groups excluding carboxylic acids is 1. The topological polar surface area (TPSA) is 64.1 Å². The molecule has 2 aliphatic heterocycles. The Balaban J connectivity index is 1.58. The molecule has 0 spiro atoms. The molecule has 0 saturated carbocycles. The van der Waals surface area contributed by atoms with Crippen molar-refractivity contribution in [3.63, 3.8) is 0 Å². The van der Waals surface area contributed by atoms with E-state index in [1.807, 2.05) is 12.1 Å². The fourth-order valence-corrected chi connectivity index (χ4v) is 3.79. The number of halogens is 1. The van der Waals surface area contributed by atoms with E-state index in [2.05, 4.69) is 15.3 Å². The van der Waals surface area contributed by atoms with E-state index in [1.54, 1.807) is 24.5 Å². The van der Waals surface area contributed by atoms with Crippen LogP contribution in [0.15, 0.2) is 42.9 Å². The van der Waals surface area contributed by atoms with Gasteiger partial charge in [-0.15, -0.1) is 0 Å². The lowest BCUT2D eigenvalue weighted by Crippen LogP contribution is -2.36. The molecular formula is C17H16ClN3O2. The maximum atomic E-state index is 12.8. The van der Waals surface area contributed by atoms with Crippen LogP contribution in [0, 0.1) is 5.92 Å². The zero-order valence-corrected chi connectivity index (χ0v) is 13.1. The summed E-state index contributed by atoms with van der Waals surface area (Å²) in [4.78, 5) is 21.0. The number of hydrogen-bond donors (Lipinski definition) is 1. The summed E-state index contributed by atoms with van der Waals surface area (Å²) in [5.74, 6) is 0.335. The second kappa shape index (κ2) is 5.91. The molecule has 6 heteroatoms. The number of aromatic nitrogens is 2. The van der Waals surface area contributed by atoms with Gasteiger partial charge in [-0.2, -0.15) is 0 Å². The van der Waals surface area contributed by atoms with Crippen molar-refractivity contribution in [2.24, 2.45) is 5.92 Å². The summed E-state index contributed by atoms with van der Waals surface area (Å²) in [5, 5.41) is 3.43. The van der Waals surface area contributed by atoms with Gasteiger partial charge in [0.1, 0.15) is 5.82 Å². The standard InChI is InChI=1S/C17H16ClN3O2/c18-11-1-4-14(20-9-11)21-17(22)16-13-3-2-12(23-13)15(16)10-5-7-19-8-6-10/h1,4-9,12-13,15-16H,2-3H2,(H,20,21,22)/t12-,13+,15?,16?/m0/s1. The van der Waals surface area contributed by atoms with Crippen molar-refractivity contribution in [1.29, 1.82) is 0 Å². The summed E-state index contributed by atoms with van der Waals surface area (Å²) in [6, 6.07) is 7.35. The van der Waals surface area contributed by atoms with Crippen molar-refractivity contribution in [2.75, 3.05) is 5.32 Å². The molecule has 2 aromatic rings. The van der Waals surface area contributed by atoms with Gasteiger partial charge in [0, 0.05) is 24.5 Å². The lowest BCUT2D eigenvalue weighted by molar-refractivity contribution is -0.121. The summed E-state index contributed by atoms with van der Waals surface area (Å²) in [7, 11) is 0. The van der Waals surface area contributed by atoms with Crippen LogP contribution < -0.4 is 5.32 Å². The SMILES string of the molecule is O=C(Nc1ccc(Cl)cn1)C1C(c2ccncc2)[C@@H]2CC[C@H]1O2. The van der Waals surface area contributed by atoms with Gasteiger partial charge in [0.05, 0.1) is 23.1 Å². The van der Waals surface area contributed by atoms with E-state index >= 15 is 0 Å². The minimum atomic E-state index is -0.200. The van der Waals surface area contributed by atoms with Crippen LogP contribution in [0.1, 0.15) is 24.3 Å². The van der Waals surface area contributed by atoms with Crippen LogP contribution in [0.2, 0.25) is 5.02 Å². The highest BCUT2D eigenvalue weighted by Crippen LogP contribution is 2.49. The fourth-order valence-electron chi connectivity index (χ4n) is 3.68. The Kier molecular flexibility index (Phi) is 3.75. The van der Waals surface area contributed by atoms with Crippen molar-refractivity contribution in [2.45, 2.75) is 31.0 Å². The molecule has 4 heterocycles. The van der Waals surface area contributed by atoms with Crippen molar-refractivity contribution < 1.29 is 9.53 Å². The Morgan fingerprint density at radius 1 is 1.17 bits per heavy atom. The third-order valence-corrected chi connectivity index (χ3v) is 4.87. The van der Waals surface area contributed by atoms with Gasteiger partial charge in [-0.1, -0.05) is 11.6 Å². The molecule has 4 rings (SSSR count). The van der Waals surface area contributed by atoms with E-state index in [4.69, 9.17) is 16.3 Å². The summed E-state index contributed by atoms with van der Waals surface area (Å²) in [6.07, 6.45) is 7.06. The van der Waals surface area contributed by atoms with Gasteiger partial charge in [0.2, 0.25) is 5.91 Å². The number of carbonyl (C=O) groups is 1. The molecule has 23 heavy (non-hydrogen) atoms. The highest BCUT2D eigenvalue weighted by Gasteiger charge is 2.52. The third-order valence-electron chi connectivity index (χ3n) is 4.65. The quantitative estimate of drug-likeness (QED) is 0.940. The maximum absolute atomic E-state index is 12.8. The number of amides is 1. The smallest absolute Gasteiger partial charge is 0.231 e. The molecular weight excluding hydrogens is 314 g/mol. The van der Waals surface area contributed by atoms with Gasteiger partial charge in [0.15, 0.2) is 0 Å². The van der Waals surface area contributed by atoms with E-state index in [0.29, 0.717) is 10.8 Å². The lowest BCUT2D eigenvalue weighted by Gasteiger charge is -2.27. The molecule has 1 N–H and O–H groups in total. The zero-order valence-electron chi connectivity index (χ0n) is 12.4. The van der Waals surface area contributed by atoms with Crippen molar-refractivity contribution >= 4 is 23.3 Å². The molecule has 2 unspecified atom stereocenters. The largest absolute Gasteiger partial charge is 0.373 e. The highest BCUT2D eigenvalue weighted by atomic mass is 35.5.